The van der Waals surface area contributed by atoms with Gasteiger partial charge in [-0.3, -0.25) is 9.59 Å². The average molecular weight is 945 g/mol. The van der Waals surface area contributed by atoms with E-state index >= 15 is 0 Å². The van der Waals surface area contributed by atoms with Crippen LogP contribution >= 0.6 is 0 Å². The molecule has 396 valence electrons. The van der Waals surface area contributed by atoms with E-state index in [0.29, 0.717) is 25.9 Å². The van der Waals surface area contributed by atoms with Crippen LogP contribution in [0.15, 0.2) is 24.3 Å². The van der Waals surface area contributed by atoms with Crippen molar-refractivity contribution in [2.75, 3.05) is 13.2 Å². The molecule has 0 aromatic rings. The Morgan fingerprint density at radius 1 is 0.403 bits per heavy atom. The zero-order valence-electron chi connectivity index (χ0n) is 45.1. The topological polar surface area (TPSA) is 95.9 Å². The SMILES string of the molecule is CCCCCCCCC/C=C\CCCCCCCC(=O)OCCCCCCCCCCCC/C=C\CCCCCCCCCC(=O)NC(CO)C(O)CCCCCCCCCCCCCCC. The van der Waals surface area contributed by atoms with E-state index in [9.17, 15) is 19.8 Å². The van der Waals surface area contributed by atoms with Gasteiger partial charge in [0.25, 0.3) is 0 Å². The van der Waals surface area contributed by atoms with Crippen LogP contribution in [-0.2, 0) is 14.3 Å². The third-order valence-corrected chi connectivity index (χ3v) is 14.0. The summed E-state index contributed by atoms with van der Waals surface area (Å²) in [6.45, 7) is 4.95. The number of carbonyl (C=O) groups is 2. The normalized spacial score (nSPS) is 12.7. The van der Waals surface area contributed by atoms with Gasteiger partial charge in [0.2, 0.25) is 5.91 Å². The summed E-state index contributed by atoms with van der Waals surface area (Å²) in [6, 6.07) is -0.546. The van der Waals surface area contributed by atoms with E-state index < -0.39 is 12.1 Å². The van der Waals surface area contributed by atoms with Crippen molar-refractivity contribution in [3.8, 4) is 0 Å². The molecule has 0 spiro atoms. The summed E-state index contributed by atoms with van der Waals surface area (Å²) in [4.78, 5) is 24.5. The van der Waals surface area contributed by atoms with Crippen molar-refractivity contribution in [2.45, 2.75) is 341 Å². The van der Waals surface area contributed by atoms with Gasteiger partial charge >= 0.3 is 5.97 Å². The van der Waals surface area contributed by atoms with Gasteiger partial charge in [-0.05, 0) is 77.0 Å². The molecule has 0 bridgehead atoms. The minimum atomic E-state index is -0.668. The maximum Gasteiger partial charge on any atom is 0.305 e. The third kappa shape index (κ3) is 53.5. The van der Waals surface area contributed by atoms with Crippen molar-refractivity contribution >= 4 is 11.9 Å². The number of unbranched alkanes of at least 4 members (excludes halogenated alkanes) is 41. The molecule has 67 heavy (non-hydrogen) atoms. The Morgan fingerprint density at radius 2 is 0.701 bits per heavy atom. The molecule has 0 aliphatic rings. The molecule has 0 saturated heterocycles. The molecule has 0 radical (unpaired) electrons. The molecule has 0 heterocycles. The number of nitrogens with one attached hydrogen (secondary N) is 1. The Morgan fingerprint density at radius 3 is 1.06 bits per heavy atom. The van der Waals surface area contributed by atoms with E-state index in [4.69, 9.17) is 4.74 Å². The van der Waals surface area contributed by atoms with Gasteiger partial charge in [-0.1, -0.05) is 263 Å². The van der Waals surface area contributed by atoms with Gasteiger partial charge in [0, 0.05) is 12.8 Å². The maximum atomic E-state index is 12.5. The maximum absolute atomic E-state index is 12.5. The van der Waals surface area contributed by atoms with Gasteiger partial charge in [-0.2, -0.15) is 0 Å². The number of hydrogen-bond acceptors (Lipinski definition) is 5. The van der Waals surface area contributed by atoms with E-state index in [2.05, 4.69) is 43.5 Å². The molecule has 0 fully saturated rings. The number of allylic oxidation sites excluding steroid dienone is 4. The molecule has 0 aliphatic heterocycles. The van der Waals surface area contributed by atoms with Crippen LogP contribution in [0.25, 0.3) is 0 Å². The molecule has 6 heteroatoms. The van der Waals surface area contributed by atoms with Crippen LogP contribution in [0.4, 0.5) is 0 Å². The lowest BCUT2D eigenvalue weighted by molar-refractivity contribution is -0.143. The second kappa shape index (κ2) is 56.9. The van der Waals surface area contributed by atoms with Crippen LogP contribution in [0.2, 0.25) is 0 Å². The Kier molecular flexibility index (Phi) is 55.5. The molecule has 0 aromatic heterocycles. The molecular weight excluding hydrogens is 827 g/mol. The van der Waals surface area contributed by atoms with Crippen molar-refractivity contribution in [3.05, 3.63) is 24.3 Å². The largest absolute Gasteiger partial charge is 0.466 e. The van der Waals surface area contributed by atoms with Crippen LogP contribution in [-0.4, -0.2) is 47.4 Å². The number of ether oxygens (including phenoxy) is 1. The zero-order chi connectivity index (χ0) is 48.6. The van der Waals surface area contributed by atoms with Crippen molar-refractivity contribution in [2.24, 2.45) is 0 Å². The molecule has 2 atom stereocenters. The smallest absolute Gasteiger partial charge is 0.305 e. The molecule has 0 aromatic carbocycles. The quantitative estimate of drug-likeness (QED) is 0.0321. The molecule has 0 saturated carbocycles. The van der Waals surface area contributed by atoms with E-state index in [0.717, 1.165) is 44.9 Å². The molecule has 2 unspecified atom stereocenters. The minimum absolute atomic E-state index is 0.00107. The summed E-state index contributed by atoms with van der Waals surface area (Å²) >= 11 is 0. The molecule has 0 aliphatic carbocycles. The highest BCUT2D eigenvalue weighted by atomic mass is 16.5. The standard InChI is InChI=1S/C61H117NO5/c1-3-5-7-9-11-13-15-17-18-27-31-35-39-43-47-51-55-61(66)67-56-52-48-44-40-36-32-28-25-23-21-19-20-22-24-26-30-34-38-42-46-50-54-60(65)62-58(57-63)59(64)53-49-45-41-37-33-29-16-14-12-10-8-6-4-2/h18,20,22,27,58-59,63-64H,3-17,19,21,23-26,28-57H2,1-2H3,(H,62,65)/b22-20-,27-18-. The first kappa shape index (κ1) is 65.3. The van der Waals surface area contributed by atoms with E-state index in [1.165, 1.54) is 250 Å². The Bertz CT molecular complexity index is 1040. The average Bonchev–Trinajstić information content (AvgIpc) is 3.33. The van der Waals surface area contributed by atoms with Crippen molar-refractivity contribution in [1.82, 2.24) is 5.32 Å². The third-order valence-electron chi connectivity index (χ3n) is 14.0. The van der Waals surface area contributed by atoms with Gasteiger partial charge < -0.3 is 20.3 Å². The minimum Gasteiger partial charge on any atom is -0.466 e. The van der Waals surface area contributed by atoms with Gasteiger partial charge in [-0.25, -0.2) is 0 Å². The Hall–Kier alpha value is -1.66. The van der Waals surface area contributed by atoms with Gasteiger partial charge in [0.15, 0.2) is 0 Å². The number of hydrogen-bond donors (Lipinski definition) is 3. The first-order chi connectivity index (χ1) is 33.0. The highest BCUT2D eigenvalue weighted by Gasteiger charge is 2.20. The van der Waals surface area contributed by atoms with Gasteiger partial charge in [0.1, 0.15) is 0 Å². The predicted octanol–water partition coefficient (Wildman–Crippen LogP) is 18.6. The lowest BCUT2D eigenvalue weighted by atomic mass is 10.0. The van der Waals surface area contributed by atoms with Crippen LogP contribution < -0.4 is 5.32 Å². The summed E-state index contributed by atoms with van der Waals surface area (Å²) in [5, 5.41) is 23.2. The fraction of sp³-hybridized carbons (Fsp3) is 0.902. The molecular formula is C61H117NO5. The number of esters is 1. The highest BCUT2D eigenvalue weighted by Crippen LogP contribution is 2.17. The predicted molar refractivity (Wildman–Crippen MR) is 292 cm³/mol. The fourth-order valence-electron chi connectivity index (χ4n) is 9.34. The number of rotatable bonds is 56. The lowest BCUT2D eigenvalue weighted by Gasteiger charge is -2.22. The summed E-state index contributed by atoms with van der Waals surface area (Å²) in [5.74, 6) is -0.0411. The second-order valence-electron chi connectivity index (χ2n) is 20.7. The molecule has 1 amide bonds. The first-order valence-electron chi connectivity index (χ1n) is 30.1. The summed E-state index contributed by atoms with van der Waals surface area (Å²) < 4.78 is 5.48. The number of carbonyl (C=O) groups excluding carboxylic acids is 2. The number of aliphatic hydroxyl groups is 2. The number of amides is 1. The van der Waals surface area contributed by atoms with Crippen molar-refractivity contribution < 1.29 is 24.5 Å². The van der Waals surface area contributed by atoms with Crippen molar-refractivity contribution in [1.29, 1.82) is 0 Å². The van der Waals surface area contributed by atoms with Crippen LogP contribution in [0.1, 0.15) is 328 Å². The molecule has 3 N–H and O–H groups in total. The van der Waals surface area contributed by atoms with E-state index in [-0.39, 0.29) is 18.5 Å². The Balaban J connectivity index is 3.41. The van der Waals surface area contributed by atoms with E-state index in [1.54, 1.807) is 0 Å². The van der Waals surface area contributed by atoms with Gasteiger partial charge in [-0.15, -0.1) is 0 Å². The fourth-order valence-corrected chi connectivity index (χ4v) is 9.34. The molecule has 0 rings (SSSR count). The second-order valence-corrected chi connectivity index (χ2v) is 20.7. The van der Waals surface area contributed by atoms with Crippen LogP contribution in [0, 0.1) is 0 Å². The highest BCUT2D eigenvalue weighted by molar-refractivity contribution is 5.76. The lowest BCUT2D eigenvalue weighted by Crippen LogP contribution is -2.45. The van der Waals surface area contributed by atoms with Crippen LogP contribution in [0.5, 0.6) is 0 Å². The molecule has 6 nitrogen and oxygen atoms in total. The van der Waals surface area contributed by atoms with Crippen LogP contribution in [0.3, 0.4) is 0 Å². The summed E-state index contributed by atoms with van der Waals surface area (Å²) in [5.41, 5.74) is 0. The monoisotopic (exact) mass is 944 g/mol. The van der Waals surface area contributed by atoms with Gasteiger partial charge in [0.05, 0.1) is 25.4 Å². The summed E-state index contributed by atoms with van der Waals surface area (Å²) in [6.07, 6.45) is 68.9. The number of aliphatic hydroxyl groups excluding tert-OH is 2. The zero-order valence-corrected chi connectivity index (χ0v) is 45.1. The Labute approximate surface area is 418 Å². The van der Waals surface area contributed by atoms with Crippen molar-refractivity contribution in [3.63, 3.8) is 0 Å². The van der Waals surface area contributed by atoms with E-state index in [1.807, 2.05) is 0 Å². The summed E-state index contributed by atoms with van der Waals surface area (Å²) in [7, 11) is 0. The first-order valence-corrected chi connectivity index (χ1v) is 30.1.